The van der Waals surface area contributed by atoms with Crippen LogP contribution in [0.5, 0.6) is 0 Å². The molecule has 5 heteroatoms. The third-order valence-electron chi connectivity index (χ3n) is 7.03. The van der Waals surface area contributed by atoms with E-state index in [-0.39, 0.29) is 11.1 Å². The smallest absolute Gasteiger partial charge is 0.192 e. The van der Waals surface area contributed by atoms with E-state index >= 15 is 0 Å². The normalized spacial score (nSPS) is 18.6. The molecule has 1 aromatic heterocycles. The molecule has 0 radical (unpaired) electrons. The number of rotatable bonds is 7. The molecular weight excluding hydrogens is 487 g/mol. The van der Waals surface area contributed by atoms with Crippen molar-refractivity contribution in [3.05, 3.63) is 52.1 Å². The van der Waals surface area contributed by atoms with E-state index in [0.717, 1.165) is 6.42 Å². The van der Waals surface area contributed by atoms with Gasteiger partial charge in [0.1, 0.15) is 0 Å². The summed E-state index contributed by atoms with van der Waals surface area (Å²) in [4.78, 5) is 4.36. The Hall–Kier alpha value is -0.663. The lowest BCUT2D eigenvalue weighted by Crippen LogP contribution is -2.46. The molecule has 0 unspecified atom stereocenters. The van der Waals surface area contributed by atoms with Crippen LogP contribution in [0.4, 0.5) is 0 Å². The van der Waals surface area contributed by atoms with E-state index in [9.17, 15) is 0 Å². The molecule has 0 spiro atoms. The Morgan fingerprint density at radius 2 is 1.86 bits per heavy atom. The molecule has 2 aromatic rings. The van der Waals surface area contributed by atoms with Gasteiger partial charge in [-0.3, -0.25) is 0 Å². The van der Waals surface area contributed by atoms with Gasteiger partial charge in [0.2, 0.25) is 0 Å². The lowest BCUT2D eigenvalue weighted by molar-refractivity contribution is 0.0767. The number of nitrogens with zero attached hydrogens (tertiary/aromatic N) is 2. The van der Waals surface area contributed by atoms with E-state index < -0.39 is 8.32 Å². The molecule has 2 atom stereocenters. The molecule has 0 aliphatic heterocycles. The molecule has 1 aliphatic carbocycles. The largest absolute Gasteiger partial charge is 0.414 e. The van der Waals surface area contributed by atoms with Gasteiger partial charge in [-0.1, -0.05) is 58.2 Å². The standard InChI is InChI=1S/C24H37IN2OSi/c1-24(2,3)29(4,5)28-23(19-11-7-6-8-12-19)17-22(27-16-15-26-18-27)20-13-9-10-14-21(20)25/h9-10,13-16,18-19,22-23H,6-8,11-12,17H2,1-5H3/t22-,23-/m1/s1. The minimum absolute atomic E-state index is 0.228. The van der Waals surface area contributed by atoms with Gasteiger partial charge in [-0.15, -0.1) is 0 Å². The summed E-state index contributed by atoms with van der Waals surface area (Å²) in [6.45, 7) is 11.9. The summed E-state index contributed by atoms with van der Waals surface area (Å²) in [6.07, 6.45) is 14.0. The number of hydrogen-bond donors (Lipinski definition) is 0. The highest BCUT2D eigenvalue weighted by atomic mass is 127. The average Bonchev–Trinajstić information content (AvgIpc) is 3.20. The Bertz CT molecular complexity index is 763. The summed E-state index contributed by atoms with van der Waals surface area (Å²) in [5.74, 6) is 0.672. The van der Waals surface area contributed by atoms with E-state index in [1.165, 1.54) is 41.2 Å². The van der Waals surface area contributed by atoms with Crippen LogP contribution in [0.25, 0.3) is 0 Å². The van der Waals surface area contributed by atoms with Gasteiger partial charge in [0.25, 0.3) is 0 Å². The number of hydrogen-bond acceptors (Lipinski definition) is 2. The van der Waals surface area contributed by atoms with Crippen molar-refractivity contribution in [3.8, 4) is 0 Å². The van der Waals surface area contributed by atoms with Crippen molar-refractivity contribution in [1.82, 2.24) is 9.55 Å². The second-order valence-corrected chi connectivity index (χ2v) is 16.0. The van der Waals surface area contributed by atoms with Crippen molar-refractivity contribution in [2.24, 2.45) is 5.92 Å². The molecule has 1 aromatic carbocycles. The molecule has 1 saturated carbocycles. The highest BCUT2D eigenvalue weighted by Gasteiger charge is 2.41. The third-order valence-corrected chi connectivity index (χ3v) is 12.5. The summed E-state index contributed by atoms with van der Waals surface area (Å²) < 4.78 is 10.7. The van der Waals surface area contributed by atoms with Crippen molar-refractivity contribution in [3.63, 3.8) is 0 Å². The summed E-state index contributed by atoms with van der Waals surface area (Å²) in [7, 11) is -1.84. The van der Waals surface area contributed by atoms with Crippen LogP contribution in [0.1, 0.15) is 70.9 Å². The minimum Gasteiger partial charge on any atom is -0.414 e. The molecule has 0 saturated heterocycles. The third kappa shape index (κ3) is 5.73. The molecule has 3 nitrogen and oxygen atoms in total. The van der Waals surface area contributed by atoms with Gasteiger partial charge in [-0.25, -0.2) is 4.98 Å². The molecular formula is C24H37IN2OSi. The number of benzene rings is 1. The van der Waals surface area contributed by atoms with E-state index in [0.29, 0.717) is 12.0 Å². The molecule has 1 heterocycles. The Labute approximate surface area is 191 Å². The van der Waals surface area contributed by atoms with Crippen LogP contribution in [0, 0.1) is 9.49 Å². The van der Waals surface area contributed by atoms with Crippen molar-refractivity contribution < 1.29 is 4.43 Å². The highest BCUT2D eigenvalue weighted by molar-refractivity contribution is 14.1. The quantitative estimate of drug-likeness (QED) is 0.278. The van der Waals surface area contributed by atoms with E-state index in [1.807, 2.05) is 12.5 Å². The van der Waals surface area contributed by atoms with Crippen molar-refractivity contribution >= 4 is 30.9 Å². The van der Waals surface area contributed by atoms with Gasteiger partial charge >= 0.3 is 0 Å². The molecule has 0 N–H and O–H groups in total. The Balaban J connectivity index is 1.93. The van der Waals surface area contributed by atoms with Crippen LogP contribution in [0.3, 0.4) is 0 Å². The fourth-order valence-corrected chi connectivity index (χ4v) is 6.37. The Kier molecular flexibility index (Phi) is 7.65. The first-order valence-electron chi connectivity index (χ1n) is 11.1. The van der Waals surface area contributed by atoms with Crippen LogP contribution < -0.4 is 0 Å². The first-order valence-corrected chi connectivity index (χ1v) is 15.1. The Morgan fingerprint density at radius 3 is 2.45 bits per heavy atom. The lowest BCUT2D eigenvalue weighted by atomic mass is 9.82. The zero-order valence-electron chi connectivity index (χ0n) is 18.7. The van der Waals surface area contributed by atoms with E-state index in [4.69, 9.17) is 4.43 Å². The molecule has 0 bridgehead atoms. The van der Waals surface area contributed by atoms with Gasteiger partial charge in [0.05, 0.1) is 18.5 Å². The first-order chi connectivity index (χ1) is 13.7. The predicted octanol–water partition coefficient (Wildman–Crippen LogP) is 7.44. The minimum atomic E-state index is -1.84. The van der Waals surface area contributed by atoms with Gasteiger partial charge in [0.15, 0.2) is 8.32 Å². The fourth-order valence-electron chi connectivity index (χ4n) is 4.23. The average molecular weight is 525 g/mol. The second kappa shape index (κ2) is 9.65. The highest BCUT2D eigenvalue weighted by Crippen LogP contribution is 2.42. The SMILES string of the molecule is CC(C)(C)[Si](C)(C)O[C@H](C[C@H](c1ccccc1I)n1ccnc1)C1CCCCC1. The first kappa shape index (κ1) is 23.0. The van der Waals surface area contributed by atoms with Crippen LogP contribution in [0.2, 0.25) is 18.1 Å². The maximum atomic E-state index is 7.13. The molecule has 1 aliphatic rings. The fraction of sp³-hybridized carbons (Fsp3) is 0.625. The molecule has 160 valence electrons. The van der Waals surface area contributed by atoms with Crippen LogP contribution in [-0.4, -0.2) is 24.0 Å². The predicted molar refractivity (Wildman–Crippen MR) is 133 cm³/mol. The number of halogens is 1. The van der Waals surface area contributed by atoms with Crippen molar-refractivity contribution in [1.29, 1.82) is 0 Å². The summed E-state index contributed by atoms with van der Waals surface area (Å²) in [6, 6.07) is 9.04. The molecule has 3 rings (SSSR count). The van der Waals surface area contributed by atoms with Crippen molar-refractivity contribution in [2.75, 3.05) is 0 Å². The lowest BCUT2D eigenvalue weighted by Gasteiger charge is -2.43. The topological polar surface area (TPSA) is 27.1 Å². The number of aromatic nitrogens is 2. The summed E-state index contributed by atoms with van der Waals surface area (Å²) in [5, 5.41) is 0.228. The van der Waals surface area contributed by atoms with Gasteiger partial charge in [0, 0.05) is 16.0 Å². The summed E-state index contributed by atoms with van der Waals surface area (Å²) in [5.41, 5.74) is 1.38. The van der Waals surface area contributed by atoms with Crippen LogP contribution in [-0.2, 0) is 4.43 Å². The zero-order chi connectivity index (χ0) is 21.1. The maximum absolute atomic E-state index is 7.13. The number of imidazole rings is 1. The second-order valence-electron chi connectivity index (χ2n) is 10.1. The molecule has 1 fully saturated rings. The monoisotopic (exact) mass is 524 g/mol. The molecule has 29 heavy (non-hydrogen) atoms. The van der Waals surface area contributed by atoms with Gasteiger partial charge in [-0.05, 0) is 77.5 Å². The van der Waals surface area contributed by atoms with E-state index in [1.54, 1.807) is 0 Å². The Morgan fingerprint density at radius 1 is 1.17 bits per heavy atom. The van der Waals surface area contributed by atoms with Crippen LogP contribution >= 0.6 is 22.6 Å². The zero-order valence-corrected chi connectivity index (χ0v) is 21.9. The summed E-state index contributed by atoms with van der Waals surface area (Å²) >= 11 is 2.48. The maximum Gasteiger partial charge on any atom is 0.192 e. The van der Waals surface area contributed by atoms with E-state index in [2.05, 4.69) is 96.5 Å². The molecule has 0 amide bonds. The van der Waals surface area contributed by atoms with Gasteiger partial charge < -0.3 is 8.99 Å². The van der Waals surface area contributed by atoms with Crippen molar-refractivity contribution in [2.45, 2.75) is 89.6 Å². The van der Waals surface area contributed by atoms with Gasteiger partial charge in [-0.2, -0.15) is 0 Å². The van der Waals surface area contributed by atoms with Crippen LogP contribution in [0.15, 0.2) is 43.0 Å².